The Morgan fingerprint density at radius 2 is 1.70 bits per heavy atom. The number of hydrogen-bond acceptors (Lipinski definition) is 5. The van der Waals surface area contributed by atoms with Crippen LogP contribution < -0.4 is 0 Å². The first-order valence-electron chi connectivity index (χ1n) is 9.32. The molecule has 1 spiro atoms. The van der Waals surface area contributed by atoms with Crippen molar-refractivity contribution in [2.75, 3.05) is 26.3 Å². The molecular weight excluding hydrogens is 340 g/mol. The predicted molar refractivity (Wildman–Crippen MR) is 100 cm³/mol. The number of piperidine rings is 1. The van der Waals surface area contributed by atoms with Gasteiger partial charge >= 0.3 is 0 Å². The molecule has 0 aromatic heterocycles. The van der Waals surface area contributed by atoms with E-state index in [2.05, 4.69) is 11.0 Å². The number of ketones is 1. The zero-order chi connectivity index (χ0) is 18.7. The second-order valence-corrected chi connectivity index (χ2v) is 7.07. The van der Waals surface area contributed by atoms with E-state index in [4.69, 9.17) is 9.47 Å². The highest BCUT2D eigenvalue weighted by Crippen LogP contribution is 2.31. The van der Waals surface area contributed by atoms with E-state index in [-0.39, 0.29) is 11.6 Å². The van der Waals surface area contributed by atoms with Gasteiger partial charge in [-0.2, -0.15) is 5.26 Å². The van der Waals surface area contributed by atoms with Crippen molar-refractivity contribution in [2.24, 2.45) is 0 Å². The maximum atomic E-state index is 12.7. The molecule has 0 bridgehead atoms. The molecule has 2 heterocycles. The van der Waals surface area contributed by atoms with Crippen LogP contribution in [0.5, 0.6) is 0 Å². The van der Waals surface area contributed by atoms with E-state index in [0.717, 1.165) is 32.5 Å². The minimum Gasteiger partial charge on any atom is -0.347 e. The van der Waals surface area contributed by atoms with Crippen LogP contribution in [-0.2, 0) is 16.0 Å². The van der Waals surface area contributed by atoms with Crippen molar-refractivity contribution in [1.82, 2.24) is 4.90 Å². The standard InChI is InChI=1S/C22H22N2O3/c23-15-19-3-1-2-4-20(19)21(25)18-7-5-17(6-8-18)16-24-11-9-22(10-12-24)26-13-14-27-22/h1-8H,9-14,16H2. The summed E-state index contributed by atoms with van der Waals surface area (Å²) in [6.07, 6.45) is 1.79. The number of likely N-dealkylation sites (tertiary alicyclic amines) is 1. The lowest BCUT2D eigenvalue weighted by molar-refractivity contribution is -0.185. The van der Waals surface area contributed by atoms with Crippen molar-refractivity contribution >= 4 is 5.78 Å². The summed E-state index contributed by atoms with van der Waals surface area (Å²) in [5.41, 5.74) is 2.63. The number of carbonyl (C=O) groups excluding carboxylic acids is 1. The van der Waals surface area contributed by atoms with Crippen molar-refractivity contribution in [3.63, 3.8) is 0 Å². The Hall–Kier alpha value is -2.52. The fourth-order valence-corrected chi connectivity index (χ4v) is 3.79. The third-order valence-electron chi connectivity index (χ3n) is 5.35. The van der Waals surface area contributed by atoms with Crippen LogP contribution in [0.4, 0.5) is 0 Å². The van der Waals surface area contributed by atoms with Crippen molar-refractivity contribution in [2.45, 2.75) is 25.2 Å². The van der Waals surface area contributed by atoms with E-state index < -0.39 is 0 Å². The van der Waals surface area contributed by atoms with Gasteiger partial charge in [0.25, 0.3) is 0 Å². The number of hydrogen-bond donors (Lipinski definition) is 0. The number of benzene rings is 2. The number of carbonyl (C=O) groups is 1. The van der Waals surface area contributed by atoms with Gasteiger partial charge in [0, 0.05) is 43.6 Å². The summed E-state index contributed by atoms with van der Waals surface area (Å²) in [5, 5.41) is 9.19. The molecule has 2 aromatic carbocycles. The molecule has 2 saturated heterocycles. The lowest BCUT2D eigenvalue weighted by atomic mass is 9.98. The van der Waals surface area contributed by atoms with Gasteiger partial charge in [-0.3, -0.25) is 9.69 Å². The summed E-state index contributed by atoms with van der Waals surface area (Å²) in [4.78, 5) is 15.1. The average Bonchev–Trinajstić information content (AvgIpc) is 3.18. The normalized spacial score (nSPS) is 19.1. The summed E-state index contributed by atoms with van der Waals surface area (Å²) < 4.78 is 11.5. The minimum absolute atomic E-state index is 0.117. The second kappa shape index (κ2) is 7.61. The van der Waals surface area contributed by atoms with Gasteiger partial charge in [0.1, 0.15) is 0 Å². The quantitative estimate of drug-likeness (QED) is 0.782. The molecule has 2 fully saturated rings. The highest BCUT2D eigenvalue weighted by Gasteiger charge is 2.39. The monoisotopic (exact) mass is 362 g/mol. The fraction of sp³-hybridized carbons (Fsp3) is 0.364. The van der Waals surface area contributed by atoms with Gasteiger partial charge in [-0.05, 0) is 17.7 Å². The van der Waals surface area contributed by atoms with Gasteiger partial charge in [-0.1, -0.05) is 36.4 Å². The van der Waals surface area contributed by atoms with Gasteiger partial charge in [0.05, 0.1) is 24.8 Å². The summed E-state index contributed by atoms with van der Waals surface area (Å²) in [5.74, 6) is -0.463. The minimum atomic E-state index is -0.346. The maximum Gasteiger partial charge on any atom is 0.194 e. The third kappa shape index (κ3) is 3.79. The van der Waals surface area contributed by atoms with Crippen LogP contribution in [0.25, 0.3) is 0 Å². The maximum absolute atomic E-state index is 12.7. The predicted octanol–water partition coefficient (Wildman–Crippen LogP) is 3.13. The number of nitriles is 1. The highest BCUT2D eigenvalue weighted by molar-refractivity contribution is 6.10. The van der Waals surface area contributed by atoms with E-state index in [1.165, 1.54) is 5.56 Å². The fourth-order valence-electron chi connectivity index (χ4n) is 3.79. The van der Waals surface area contributed by atoms with Crippen LogP contribution in [0, 0.1) is 11.3 Å². The van der Waals surface area contributed by atoms with Crippen LogP contribution in [0.2, 0.25) is 0 Å². The Morgan fingerprint density at radius 3 is 2.37 bits per heavy atom. The van der Waals surface area contributed by atoms with Crippen LogP contribution in [-0.4, -0.2) is 42.8 Å². The highest BCUT2D eigenvalue weighted by atomic mass is 16.7. The van der Waals surface area contributed by atoms with Gasteiger partial charge in [-0.15, -0.1) is 0 Å². The molecule has 0 saturated carbocycles. The van der Waals surface area contributed by atoms with E-state index >= 15 is 0 Å². The molecule has 0 radical (unpaired) electrons. The number of ether oxygens (including phenoxy) is 2. The molecule has 0 atom stereocenters. The molecule has 0 aliphatic carbocycles. The molecule has 0 unspecified atom stereocenters. The molecule has 4 rings (SSSR count). The van der Waals surface area contributed by atoms with Crippen molar-refractivity contribution < 1.29 is 14.3 Å². The van der Waals surface area contributed by atoms with Gasteiger partial charge < -0.3 is 9.47 Å². The SMILES string of the molecule is N#Cc1ccccc1C(=O)c1ccc(CN2CCC3(CC2)OCCO3)cc1. The summed E-state index contributed by atoms with van der Waals surface area (Å²) >= 11 is 0. The molecule has 2 aliphatic heterocycles. The van der Waals surface area contributed by atoms with Crippen molar-refractivity contribution in [1.29, 1.82) is 5.26 Å². The topological polar surface area (TPSA) is 62.6 Å². The molecule has 138 valence electrons. The Morgan fingerprint density at radius 1 is 1.04 bits per heavy atom. The average molecular weight is 362 g/mol. The molecule has 0 N–H and O–H groups in total. The summed E-state index contributed by atoms with van der Waals surface area (Å²) in [7, 11) is 0. The van der Waals surface area contributed by atoms with Crippen molar-refractivity contribution in [3.8, 4) is 6.07 Å². The molecule has 27 heavy (non-hydrogen) atoms. The number of nitrogens with zero attached hydrogens (tertiary/aromatic N) is 2. The number of rotatable bonds is 4. The zero-order valence-corrected chi connectivity index (χ0v) is 15.2. The first kappa shape index (κ1) is 17.9. The van der Waals surface area contributed by atoms with Crippen LogP contribution in [0.15, 0.2) is 48.5 Å². The Kier molecular flexibility index (Phi) is 5.04. The zero-order valence-electron chi connectivity index (χ0n) is 15.2. The molecule has 5 nitrogen and oxygen atoms in total. The van der Waals surface area contributed by atoms with Crippen LogP contribution in [0.3, 0.4) is 0 Å². The van der Waals surface area contributed by atoms with E-state index in [9.17, 15) is 10.1 Å². The van der Waals surface area contributed by atoms with E-state index in [0.29, 0.717) is 29.9 Å². The Labute approximate surface area is 159 Å². The molecule has 5 heteroatoms. The lowest BCUT2D eigenvalue weighted by Gasteiger charge is -2.37. The Balaban J connectivity index is 1.39. The van der Waals surface area contributed by atoms with Crippen LogP contribution >= 0.6 is 0 Å². The van der Waals surface area contributed by atoms with Gasteiger partial charge in [0.15, 0.2) is 11.6 Å². The lowest BCUT2D eigenvalue weighted by Crippen LogP contribution is -2.44. The smallest absolute Gasteiger partial charge is 0.194 e. The third-order valence-corrected chi connectivity index (χ3v) is 5.35. The van der Waals surface area contributed by atoms with Gasteiger partial charge in [0.2, 0.25) is 0 Å². The summed E-state index contributed by atoms with van der Waals surface area (Å²) in [6.45, 7) is 4.13. The van der Waals surface area contributed by atoms with Crippen molar-refractivity contribution in [3.05, 3.63) is 70.8 Å². The first-order chi connectivity index (χ1) is 13.2. The van der Waals surface area contributed by atoms with E-state index in [1.54, 1.807) is 24.3 Å². The second-order valence-electron chi connectivity index (χ2n) is 7.07. The van der Waals surface area contributed by atoms with Crippen LogP contribution in [0.1, 0.15) is 39.9 Å². The molecule has 0 amide bonds. The molecule has 2 aromatic rings. The largest absolute Gasteiger partial charge is 0.347 e. The first-order valence-corrected chi connectivity index (χ1v) is 9.32. The molecule has 2 aliphatic rings. The van der Waals surface area contributed by atoms with E-state index in [1.807, 2.05) is 24.3 Å². The molecular formula is C22H22N2O3. The Bertz CT molecular complexity index is 854. The summed E-state index contributed by atoms with van der Waals surface area (Å²) in [6, 6.07) is 16.7. The van der Waals surface area contributed by atoms with Gasteiger partial charge in [-0.25, -0.2) is 0 Å².